The van der Waals surface area contributed by atoms with Crippen LogP contribution in [0.25, 0.3) is 5.57 Å². The lowest BCUT2D eigenvalue weighted by Gasteiger charge is -2.34. The van der Waals surface area contributed by atoms with E-state index in [1.54, 1.807) is 12.1 Å². The first-order valence-corrected chi connectivity index (χ1v) is 10.6. The van der Waals surface area contributed by atoms with Crippen LogP contribution in [-0.4, -0.2) is 54.8 Å². The lowest BCUT2D eigenvalue weighted by atomic mass is 9.97. The van der Waals surface area contributed by atoms with E-state index in [0.717, 1.165) is 47.3 Å². The maximum Gasteiger partial charge on any atom is 0.282 e. The molecule has 2 amide bonds. The Kier molecular flexibility index (Phi) is 5.32. The summed E-state index contributed by atoms with van der Waals surface area (Å²) < 4.78 is 0.905. The summed E-state index contributed by atoms with van der Waals surface area (Å²) in [4.78, 5) is 32.7. The third-order valence-electron chi connectivity index (χ3n) is 5.62. The first kappa shape index (κ1) is 19.9. The van der Waals surface area contributed by atoms with Crippen molar-refractivity contribution in [3.63, 3.8) is 0 Å². The minimum absolute atomic E-state index is 0.239. The molecule has 0 aliphatic carbocycles. The van der Waals surface area contributed by atoms with Crippen LogP contribution in [0.4, 0.5) is 5.69 Å². The van der Waals surface area contributed by atoms with Crippen LogP contribution in [-0.2, 0) is 9.59 Å². The molecular weight excluding hydrogens is 430 g/mol. The van der Waals surface area contributed by atoms with Crippen LogP contribution in [0.3, 0.4) is 0 Å². The molecule has 4 rings (SSSR count). The average Bonchev–Trinajstić information content (AvgIpc) is 2.94. The topological polar surface area (TPSA) is 43.9 Å². The minimum atomic E-state index is -0.252. The number of halogens is 1. The molecular formula is C23H24BrN3O2. The zero-order chi connectivity index (χ0) is 20.7. The van der Waals surface area contributed by atoms with Crippen molar-refractivity contribution >= 4 is 39.0 Å². The number of aryl methyl sites for hydroxylation is 2. The van der Waals surface area contributed by atoms with E-state index < -0.39 is 0 Å². The highest BCUT2D eigenvalue weighted by molar-refractivity contribution is 9.10. The zero-order valence-electron chi connectivity index (χ0n) is 16.9. The molecule has 0 N–H and O–H groups in total. The fraction of sp³-hybridized carbons (Fsp3) is 0.304. The molecule has 29 heavy (non-hydrogen) atoms. The van der Waals surface area contributed by atoms with Gasteiger partial charge in [-0.25, -0.2) is 4.90 Å². The standard InChI is InChI=1S/C23H24BrN3O2/c1-15-4-9-19(16(2)14-15)20-21(26-12-10-25(3)11-13-26)23(29)27(22(20)28)18-7-5-17(24)6-8-18/h4-9,14H,10-13H2,1-3H3. The number of carbonyl (C=O) groups is 2. The molecule has 0 bridgehead atoms. The number of amides is 2. The van der Waals surface area contributed by atoms with Crippen molar-refractivity contribution in [2.24, 2.45) is 0 Å². The molecule has 0 aromatic heterocycles. The molecule has 0 saturated carbocycles. The van der Waals surface area contributed by atoms with E-state index in [2.05, 4.69) is 38.8 Å². The Balaban J connectivity index is 1.83. The largest absolute Gasteiger partial charge is 0.364 e. The van der Waals surface area contributed by atoms with Gasteiger partial charge in [0, 0.05) is 30.7 Å². The summed E-state index contributed by atoms with van der Waals surface area (Å²) in [6.07, 6.45) is 0. The minimum Gasteiger partial charge on any atom is -0.364 e. The summed E-state index contributed by atoms with van der Waals surface area (Å²) in [6, 6.07) is 13.3. The lowest BCUT2D eigenvalue weighted by Crippen LogP contribution is -2.46. The number of hydrogen-bond donors (Lipinski definition) is 0. The summed E-state index contributed by atoms with van der Waals surface area (Å²) in [6.45, 7) is 7.22. The van der Waals surface area contributed by atoms with E-state index in [9.17, 15) is 9.59 Å². The van der Waals surface area contributed by atoms with E-state index in [1.807, 2.05) is 38.1 Å². The van der Waals surface area contributed by atoms with Crippen molar-refractivity contribution in [2.75, 3.05) is 38.1 Å². The van der Waals surface area contributed by atoms with Gasteiger partial charge in [0.05, 0.1) is 11.3 Å². The molecule has 0 atom stereocenters. The number of carbonyl (C=O) groups excluding carboxylic acids is 2. The van der Waals surface area contributed by atoms with Gasteiger partial charge in [-0.3, -0.25) is 9.59 Å². The fourth-order valence-electron chi connectivity index (χ4n) is 4.00. The van der Waals surface area contributed by atoms with Gasteiger partial charge in [-0.1, -0.05) is 39.7 Å². The van der Waals surface area contributed by atoms with Crippen molar-refractivity contribution in [3.05, 3.63) is 69.3 Å². The summed E-state index contributed by atoms with van der Waals surface area (Å²) in [5.74, 6) is -0.491. The molecule has 0 radical (unpaired) electrons. The monoisotopic (exact) mass is 453 g/mol. The van der Waals surface area contributed by atoms with E-state index in [4.69, 9.17) is 0 Å². The van der Waals surface area contributed by atoms with Gasteiger partial charge in [0.2, 0.25) is 0 Å². The number of hydrogen-bond acceptors (Lipinski definition) is 4. The van der Waals surface area contributed by atoms with Gasteiger partial charge in [0.25, 0.3) is 11.8 Å². The summed E-state index contributed by atoms with van der Waals surface area (Å²) in [5, 5.41) is 0. The number of piperazine rings is 1. The van der Waals surface area contributed by atoms with Gasteiger partial charge in [-0.05, 0) is 56.3 Å². The van der Waals surface area contributed by atoms with Gasteiger partial charge < -0.3 is 9.80 Å². The quantitative estimate of drug-likeness (QED) is 0.665. The Bertz CT molecular complexity index is 1010. The first-order valence-electron chi connectivity index (χ1n) is 9.76. The molecule has 5 nitrogen and oxygen atoms in total. The van der Waals surface area contributed by atoms with E-state index in [1.165, 1.54) is 4.90 Å². The Hall–Kier alpha value is -2.44. The molecule has 2 heterocycles. The second-order valence-corrected chi connectivity index (χ2v) is 8.67. The fourth-order valence-corrected chi connectivity index (χ4v) is 4.27. The van der Waals surface area contributed by atoms with Gasteiger partial charge in [0.1, 0.15) is 5.70 Å². The van der Waals surface area contributed by atoms with Crippen LogP contribution in [0.5, 0.6) is 0 Å². The third-order valence-corrected chi connectivity index (χ3v) is 6.14. The Morgan fingerprint density at radius 1 is 0.862 bits per heavy atom. The van der Waals surface area contributed by atoms with E-state index in [0.29, 0.717) is 17.0 Å². The normalized spacial score (nSPS) is 18.2. The van der Waals surface area contributed by atoms with Crippen LogP contribution in [0, 0.1) is 13.8 Å². The van der Waals surface area contributed by atoms with Crippen LogP contribution >= 0.6 is 15.9 Å². The second kappa shape index (κ2) is 7.76. The maximum absolute atomic E-state index is 13.6. The first-order chi connectivity index (χ1) is 13.9. The number of likely N-dealkylation sites (N-methyl/N-ethyl adjacent to an activating group) is 1. The predicted molar refractivity (Wildman–Crippen MR) is 119 cm³/mol. The Labute approximate surface area is 179 Å². The molecule has 6 heteroatoms. The number of rotatable bonds is 3. The van der Waals surface area contributed by atoms with Gasteiger partial charge in [-0.15, -0.1) is 0 Å². The summed E-state index contributed by atoms with van der Waals surface area (Å²) in [7, 11) is 2.08. The Morgan fingerprint density at radius 2 is 1.52 bits per heavy atom. The van der Waals surface area contributed by atoms with Crippen LogP contribution in [0.15, 0.2) is 52.6 Å². The molecule has 0 unspecified atom stereocenters. The smallest absolute Gasteiger partial charge is 0.282 e. The number of imide groups is 1. The highest BCUT2D eigenvalue weighted by Crippen LogP contribution is 2.36. The molecule has 2 aromatic carbocycles. The van der Waals surface area contributed by atoms with Crippen LogP contribution in [0.1, 0.15) is 16.7 Å². The third kappa shape index (κ3) is 3.63. The molecule has 1 fully saturated rings. The zero-order valence-corrected chi connectivity index (χ0v) is 18.5. The van der Waals surface area contributed by atoms with Crippen molar-refractivity contribution in [2.45, 2.75) is 13.8 Å². The molecule has 2 aliphatic heterocycles. The summed E-state index contributed by atoms with van der Waals surface area (Å²) in [5.41, 5.74) is 4.61. The second-order valence-electron chi connectivity index (χ2n) is 7.75. The SMILES string of the molecule is Cc1ccc(C2=C(N3CCN(C)CC3)C(=O)N(c3ccc(Br)cc3)C2=O)c(C)c1. The van der Waals surface area contributed by atoms with E-state index >= 15 is 0 Å². The molecule has 2 aliphatic rings. The summed E-state index contributed by atoms with van der Waals surface area (Å²) >= 11 is 3.42. The molecule has 1 saturated heterocycles. The van der Waals surface area contributed by atoms with Gasteiger partial charge in [-0.2, -0.15) is 0 Å². The van der Waals surface area contributed by atoms with Gasteiger partial charge >= 0.3 is 0 Å². The van der Waals surface area contributed by atoms with Gasteiger partial charge in [0.15, 0.2) is 0 Å². The number of nitrogens with zero attached hydrogens (tertiary/aromatic N) is 3. The Morgan fingerprint density at radius 3 is 2.14 bits per heavy atom. The van der Waals surface area contributed by atoms with Crippen LogP contribution in [0.2, 0.25) is 0 Å². The predicted octanol–water partition coefficient (Wildman–Crippen LogP) is 3.60. The highest BCUT2D eigenvalue weighted by atomic mass is 79.9. The number of anilines is 1. The van der Waals surface area contributed by atoms with Crippen molar-refractivity contribution in [1.29, 1.82) is 0 Å². The van der Waals surface area contributed by atoms with Crippen molar-refractivity contribution < 1.29 is 9.59 Å². The average molecular weight is 454 g/mol. The maximum atomic E-state index is 13.6. The van der Waals surface area contributed by atoms with Crippen molar-refractivity contribution in [1.82, 2.24) is 9.80 Å². The lowest BCUT2D eigenvalue weighted by molar-refractivity contribution is -0.120. The van der Waals surface area contributed by atoms with Crippen LogP contribution < -0.4 is 4.90 Å². The molecule has 2 aromatic rings. The number of benzene rings is 2. The highest BCUT2D eigenvalue weighted by Gasteiger charge is 2.43. The molecule has 0 spiro atoms. The molecule has 150 valence electrons. The van der Waals surface area contributed by atoms with E-state index in [-0.39, 0.29) is 11.8 Å². The van der Waals surface area contributed by atoms with Crippen molar-refractivity contribution in [3.8, 4) is 0 Å².